The van der Waals surface area contributed by atoms with Crippen LogP contribution in [0.5, 0.6) is 17.4 Å². The molecule has 3 rings (SSSR count). The maximum Gasteiger partial charge on any atom is 0.287 e. The van der Waals surface area contributed by atoms with Gasteiger partial charge in [0.05, 0.1) is 23.8 Å². The summed E-state index contributed by atoms with van der Waals surface area (Å²) in [5, 5.41) is 14.7. The first-order valence-corrected chi connectivity index (χ1v) is 9.31. The quantitative estimate of drug-likeness (QED) is 0.312. The van der Waals surface area contributed by atoms with E-state index < -0.39 is 4.92 Å². The van der Waals surface area contributed by atoms with Gasteiger partial charge in [0, 0.05) is 16.6 Å². The molecule has 1 aromatic heterocycles. The SMILES string of the molecule is COc1cc(C=NNC(=O)c2ccccc2Br)ccc1Oc1ccc([N+](=O)[O-])cn1. The number of pyridine rings is 1. The van der Waals surface area contributed by atoms with Gasteiger partial charge in [-0.15, -0.1) is 0 Å². The topological polar surface area (TPSA) is 116 Å². The van der Waals surface area contributed by atoms with Crippen LogP contribution in [-0.4, -0.2) is 29.1 Å². The number of rotatable bonds is 7. The minimum atomic E-state index is -0.541. The normalized spacial score (nSPS) is 10.6. The van der Waals surface area contributed by atoms with Crippen LogP contribution < -0.4 is 14.9 Å². The first kappa shape index (κ1) is 20.9. The van der Waals surface area contributed by atoms with Gasteiger partial charge in [-0.2, -0.15) is 5.10 Å². The highest BCUT2D eigenvalue weighted by atomic mass is 79.9. The zero-order valence-corrected chi connectivity index (χ0v) is 17.2. The number of hydrogen-bond acceptors (Lipinski definition) is 7. The Kier molecular flexibility index (Phi) is 6.71. The lowest BCUT2D eigenvalue weighted by atomic mass is 10.2. The molecule has 9 nitrogen and oxygen atoms in total. The van der Waals surface area contributed by atoms with E-state index in [1.54, 1.807) is 36.4 Å². The molecule has 152 valence electrons. The molecule has 3 aromatic rings. The van der Waals surface area contributed by atoms with Gasteiger partial charge in [-0.1, -0.05) is 12.1 Å². The van der Waals surface area contributed by atoms with Gasteiger partial charge in [-0.05, 0) is 51.8 Å². The first-order valence-electron chi connectivity index (χ1n) is 8.52. The monoisotopic (exact) mass is 470 g/mol. The van der Waals surface area contributed by atoms with Crippen LogP contribution in [0.2, 0.25) is 0 Å². The van der Waals surface area contributed by atoms with E-state index in [-0.39, 0.29) is 17.5 Å². The van der Waals surface area contributed by atoms with E-state index in [1.165, 1.54) is 25.5 Å². The van der Waals surface area contributed by atoms with Crippen molar-refractivity contribution < 1.29 is 19.2 Å². The highest BCUT2D eigenvalue weighted by Crippen LogP contribution is 2.31. The molecule has 0 radical (unpaired) electrons. The number of nitrogens with one attached hydrogen (secondary N) is 1. The number of benzene rings is 2. The maximum atomic E-state index is 12.2. The van der Waals surface area contributed by atoms with Gasteiger partial charge in [0.2, 0.25) is 5.88 Å². The first-order chi connectivity index (χ1) is 14.5. The lowest BCUT2D eigenvalue weighted by Gasteiger charge is -2.10. The summed E-state index contributed by atoms with van der Waals surface area (Å²) in [5.41, 5.74) is 3.44. The lowest BCUT2D eigenvalue weighted by Crippen LogP contribution is -2.18. The number of aromatic nitrogens is 1. The van der Waals surface area contributed by atoms with Crippen molar-refractivity contribution in [3.05, 3.63) is 86.5 Å². The fourth-order valence-electron chi connectivity index (χ4n) is 2.37. The number of ether oxygens (including phenoxy) is 2. The fraction of sp³-hybridized carbons (Fsp3) is 0.0500. The van der Waals surface area contributed by atoms with E-state index in [0.717, 1.165) is 6.20 Å². The van der Waals surface area contributed by atoms with Gasteiger partial charge in [0.25, 0.3) is 11.6 Å². The van der Waals surface area contributed by atoms with Gasteiger partial charge in [-0.25, -0.2) is 10.4 Å². The smallest absolute Gasteiger partial charge is 0.287 e. The van der Waals surface area contributed by atoms with Crippen LogP contribution in [0.1, 0.15) is 15.9 Å². The maximum absolute atomic E-state index is 12.2. The molecular weight excluding hydrogens is 456 g/mol. The summed E-state index contributed by atoms with van der Waals surface area (Å²) in [6.07, 6.45) is 2.57. The van der Waals surface area contributed by atoms with Crippen LogP contribution in [0.3, 0.4) is 0 Å². The number of carbonyl (C=O) groups is 1. The molecular formula is C20H15BrN4O5. The molecule has 30 heavy (non-hydrogen) atoms. The highest BCUT2D eigenvalue weighted by Gasteiger charge is 2.11. The number of amides is 1. The summed E-state index contributed by atoms with van der Waals surface area (Å²) in [5.74, 6) is 0.598. The van der Waals surface area contributed by atoms with Crippen molar-refractivity contribution in [2.24, 2.45) is 5.10 Å². The van der Waals surface area contributed by atoms with Gasteiger partial charge in [0.15, 0.2) is 11.5 Å². The summed E-state index contributed by atoms with van der Waals surface area (Å²) in [6, 6.07) is 14.7. The van der Waals surface area contributed by atoms with Crippen molar-refractivity contribution in [1.82, 2.24) is 10.4 Å². The number of methoxy groups -OCH3 is 1. The second kappa shape index (κ2) is 9.61. The summed E-state index contributed by atoms with van der Waals surface area (Å²) >= 11 is 3.32. The Morgan fingerprint density at radius 3 is 2.67 bits per heavy atom. The number of halogens is 1. The molecule has 2 aromatic carbocycles. The molecule has 0 saturated carbocycles. The predicted octanol–water partition coefficient (Wildman–Crippen LogP) is 4.32. The van der Waals surface area contributed by atoms with Gasteiger partial charge in [0.1, 0.15) is 6.20 Å². The van der Waals surface area contributed by atoms with Gasteiger partial charge < -0.3 is 9.47 Å². The molecule has 0 aliphatic heterocycles. The van der Waals surface area contributed by atoms with E-state index >= 15 is 0 Å². The van der Waals surface area contributed by atoms with Crippen LogP contribution >= 0.6 is 15.9 Å². The number of nitro groups is 1. The minimum absolute atomic E-state index is 0.134. The van der Waals surface area contributed by atoms with Crippen molar-refractivity contribution >= 4 is 33.7 Å². The molecule has 0 aliphatic rings. The number of carbonyl (C=O) groups excluding carboxylic acids is 1. The molecule has 10 heteroatoms. The van der Waals surface area contributed by atoms with Gasteiger partial charge >= 0.3 is 0 Å². The second-order valence-electron chi connectivity index (χ2n) is 5.80. The van der Waals surface area contributed by atoms with Gasteiger partial charge in [-0.3, -0.25) is 14.9 Å². The van der Waals surface area contributed by atoms with Crippen LogP contribution in [0.25, 0.3) is 0 Å². The Balaban J connectivity index is 1.69. The summed E-state index contributed by atoms with van der Waals surface area (Å²) < 4.78 is 11.6. The van der Waals surface area contributed by atoms with Crippen LogP contribution in [-0.2, 0) is 0 Å². The molecule has 0 atom stereocenters. The molecule has 0 fully saturated rings. The second-order valence-corrected chi connectivity index (χ2v) is 6.66. The zero-order chi connectivity index (χ0) is 21.5. The fourth-order valence-corrected chi connectivity index (χ4v) is 2.84. The Morgan fingerprint density at radius 1 is 1.20 bits per heavy atom. The van der Waals surface area contributed by atoms with Crippen molar-refractivity contribution in [2.75, 3.05) is 7.11 Å². The predicted molar refractivity (Wildman–Crippen MR) is 113 cm³/mol. The number of nitrogens with zero attached hydrogens (tertiary/aromatic N) is 3. The van der Waals surface area contributed by atoms with Crippen LogP contribution in [0.4, 0.5) is 5.69 Å². The van der Waals surface area contributed by atoms with Crippen molar-refractivity contribution in [1.29, 1.82) is 0 Å². The van der Waals surface area contributed by atoms with E-state index in [1.807, 2.05) is 6.07 Å². The average molecular weight is 471 g/mol. The van der Waals surface area contributed by atoms with Crippen LogP contribution in [0.15, 0.2) is 70.4 Å². The Bertz CT molecular complexity index is 1100. The summed E-state index contributed by atoms with van der Waals surface area (Å²) in [4.78, 5) is 26.2. The largest absolute Gasteiger partial charge is 0.493 e. The third kappa shape index (κ3) is 5.17. The van der Waals surface area contributed by atoms with E-state index in [9.17, 15) is 14.9 Å². The van der Waals surface area contributed by atoms with Crippen molar-refractivity contribution in [3.63, 3.8) is 0 Å². The van der Waals surface area contributed by atoms with E-state index in [4.69, 9.17) is 9.47 Å². The molecule has 0 unspecified atom stereocenters. The van der Waals surface area contributed by atoms with E-state index in [2.05, 4.69) is 31.4 Å². The molecule has 0 bridgehead atoms. The molecule has 0 spiro atoms. The Morgan fingerprint density at radius 2 is 2.00 bits per heavy atom. The minimum Gasteiger partial charge on any atom is -0.493 e. The summed E-state index contributed by atoms with van der Waals surface area (Å²) in [6.45, 7) is 0. The summed E-state index contributed by atoms with van der Waals surface area (Å²) in [7, 11) is 1.47. The molecule has 1 amide bonds. The molecule has 1 heterocycles. The standard InChI is InChI=1S/C20H15BrN4O5/c1-29-18-10-13(11-23-24-20(26)15-4-2-3-5-16(15)21)6-8-17(18)30-19-9-7-14(12-22-19)25(27)28/h2-12H,1H3,(H,24,26). The Labute approximate surface area is 179 Å². The van der Waals surface area contributed by atoms with Crippen molar-refractivity contribution in [3.8, 4) is 17.4 Å². The number of hydrazone groups is 1. The molecule has 0 saturated heterocycles. The Hall–Kier alpha value is -3.79. The van der Waals surface area contributed by atoms with Crippen molar-refractivity contribution in [2.45, 2.75) is 0 Å². The van der Waals surface area contributed by atoms with Crippen LogP contribution in [0, 0.1) is 10.1 Å². The molecule has 0 aliphatic carbocycles. The lowest BCUT2D eigenvalue weighted by molar-refractivity contribution is -0.385. The number of hydrogen-bond donors (Lipinski definition) is 1. The third-order valence-electron chi connectivity index (χ3n) is 3.83. The zero-order valence-electron chi connectivity index (χ0n) is 15.6. The highest BCUT2D eigenvalue weighted by molar-refractivity contribution is 9.10. The van der Waals surface area contributed by atoms with E-state index in [0.29, 0.717) is 27.1 Å². The third-order valence-corrected chi connectivity index (χ3v) is 4.52. The average Bonchev–Trinajstić information content (AvgIpc) is 2.75. The molecule has 1 N–H and O–H groups in total.